The number of benzene rings is 1. The van der Waals surface area contributed by atoms with E-state index in [1.54, 1.807) is 13.1 Å². The van der Waals surface area contributed by atoms with Crippen LogP contribution in [0.15, 0.2) is 28.9 Å². The van der Waals surface area contributed by atoms with Crippen molar-refractivity contribution in [2.24, 2.45) is 0 Å². The van der Waals surface area contributed by atoms with Gasteiger partial charge in [-0.1, -0.05) is 12.1 Å². The number of hydrogen-bond acceptors (Lipinski definition) is 4. The van der Waals surface area contributed by atoms with E-state index in [0.29, 0.717) is 12.2 Å². The van der Waals surface area contributed by atoms with Crippen molar-refractivity contribution in [3.63, 3.8) is 0 Å². The molecule has 0 saturated heterocycles. The van der Waals surface area contributed by atoms with Gasteiger partial charge in [0, 0.05) is 30.2 Å². The number of anilines is 1. The summed E-state index contributed by atoms with van der Waals surface area (Å²) in [6.45, 7) is 2.14. The molecule has 1 heterocycles. The zero-order chi connectivity index (χ0) is 14.0. The molecule has 19 heavy (non-hydrogen) atoms. The van der Waals surface area contributed by atoms with E-state index in [0.717, 1.165) is 21.1 Å². The summed E-state index contributed by atoms with van der Waals surface area (Å²) in [7, 11) is 3.80. The Labute approximate surface area is 120 Å². The van der Waals surface area contributed by atoms with Crippen molar-refractivity contribution in [2.75, 3.05) is 25.6 Å². The van der Waals surface area contributed by atoms with E-state index >= 15 is 0 Å². The molecule has 100 valence electrons. The molecule has 0 amide bonds. The van der Waals surface area contributed by atoms with Crippen LogP contribution < -0.4 is 4.90 Å². The second-order valence-electron chi connectivity index (χ2n) is 4.27. The molecule has 0 unspecified atom stereocenters. The Morgan fingerprint density at radius 1 is 1.42 bits per heavy atom. The maximum absolute atomic E-state index is 12.0. The first kappa shape index (κ1) is 13.8. The molecule has 2 rings (SSSR count). The van der Waals surface area contributed by atoms with Crippen molar-refractivity contribution in [3.8, 4) is 0 Å². The maximum atomic E-state index is 12.0. The number of esters is 1. The zero-order valence-corrected chi connectivity index (χ0v) is 12.7. The summed E-state index contributed by atoms with van der Waals surface area (Å²) in [4.78, 5) is 18.3. The van der Waals surface area contributed by atoms with Crippen molar-refractivity contribution in [3.05, 3.63) is 34.4 Å². The largest absolute Gasteiger partial charge is 0.462 e. The van der Waals surface area contributed by atoms with Gasteiger partial charge in [0.1, 0.15) is 5.56 Å². The highest BCUT2D eigenvalue weighted by atomic mass is 79.9. The van der Waals surface area contributed by atoms with E-state index in [-0.39, 0.29) is 5.97 Å². The van der Waals surface area contributed by atoms with Gasteiger partial charge in [0.25, 0.3) is 0 Å². The van der Waals surface area contributed by atoms with Crippen LogP contribution in [0.3, 0.4) is 0 Å². The highest BCUT2D eigenvalue weighted by molar-refractivity contribution is 9.10. The third kappa shape index (κ3) is 2.56. The third-order valence-electron chi connectivity index (χ3n) is 2.76. The van der Waals surface area contributed by atoms with Crippen molar-refractivity contribution in [1.29, 1.82) is 0 Å². The first-order chi connectivity index (χ1) is 9.06. The van der Waals surface area contributed by atoms with Crippen LogP contribution in [0.5, 0.6) is 0 Å². The molecule has 0 bridgehead atoms. The molecule has 0 aliphatic carbocycles. The summed E-state index contributed by atoms with van der Waals surface area (Å²) < 4.78 is 5.99. The Bertz CT molecular complexity index is 626. The SMILES string of the molecule is CCOC(=O)c1cnc2c(Br)cccc2c1N(C)C. The number of pyridine rings is 1. The summed E-state index contributed by atoms with van der Waals surface area (Å²) in [5, 5.41) is 0.921. The second kappa shape index (κ2) is 5.57. The molecule has 0 N–H and O–H groups in total. The summed E-state index contributed by atoms with van der Waals surface area (Å²) in [6, 6.07) is 5.81. The van der Waals surface area contributed by atoms with Gasteiger partial charge >= 0.3 is 5.97 Å². The molecule has 2 aromatic rings. The highest BCUT2D eigenvalue weighted by Gasteiger charge is 2.18. The minimum absolute atomic E-state index is 0.347. The number of nitrogens with zero attached hydrogens (tertiary/aromatic N) is 2. The van der Waals surface area contributed by atoms with E-state index in [9.17, 15) is 4.79 Å². The van der Waals surface area contributed by atoms with E-state index in [4.69, 9.17) is 4.74 Å². The molecule has 0 saturated carbocycles. The Morgan fingerprint density at radius 2 is 2.16 bits per heavy atom. The predicted molar refractivity (Wildman–Crippen MR) is 79.7 cm³/mol. The lowest BCUT2D eigenvalue weighted by Gasteiger charge is -2.19. The lowest BCUT2D eigenvalue weighted by atomic mass is 10.1. The van der Waals surface area contributed by atoms with Gasteiger partial charge in [-0.2, -0.15) is 0 Å². The Kier molecular flexibility index (Phi) is 4.04. The number of carbonyl (C=O) groups is 1. The molecule has 0 spiro atoms. The molecule has 0 atom stereocenters. The Hall–Kier alpha value is -1.62. The van der Waals surface area contributed by atoms with Crippen molar-refractivity contribution in [2.45, 2.75) is 6.92 Å². The molecule has 5 heteroatoms. The number of aromatic nitrogens is 1. The molecule has 1 aromatic carbocycles. The number of hydrogen-bond donors (Lipinski definition) is 0. The number of rotatable bonds is 3. The molecular formula is C14H15BrN2O2. The van der Waals surface area contributed by atoms with Crippen LogP contribution in [0, 0.1) is 0 Å². The lowest BCUT2D eigenvalue weighted by molar-refractivity contribution is 0.0527. The number of carbonyl (C=O) groups excluding carboxylic acids is 1. The standard InChI is InChI=1S/C14H15BrN2O2/c1-4-19-14(18)10-8-16-12-9(13(10)17(2)3)6-5-7-11(12)15/h5-8H,4H2,1-3H3. The summed E-state index contributed by atoms with van der Waals surface area (Å²) in [5.41, 5.74) is 2.14. The van der Waals surface area contributed by atoms with Gasteiger partial charge < -0.3 is 9.64 Å². The monoisotopic (exact) mass is 322 g/mol. The number of halogens is 1. The van der Waals surface area contributed by atoms with Crippen molar-refractivity contribution < 1.29 is 9.53 Å². The highest BCUT2D eigenvalue weighted by Crippen LogP contribution is 2.32. The summed E-state index contributed by atoms with van der Waals surface area (Å²) in [5.74, 6) is -0.347. The molecule has 1 aromatic heterocycles. The first-order valence-corrected chi connectivity index (χ1v) is 6.77. The van der Waals surface area contributed by atoms with Gasteiger partial charge in [0.05, 0.1) is 17.8 Å². The van der Waals surface area contributed by atoms with Gasteiger partial charge in [-0.15, -0.1) is 0 Å². The average Bonchev–Trinajstić information content (AvgIpc) is 2.37. The number of para-hydroxylation sites is 1. The fourth-order valence-corrected chi connectivity index (χ4v) is 2.48. The second-order valence-corrected chi connectivity index (χ2v) is 5.13. The molecule has 0 fully saturated rings. The molecule has 0 radical (unpaired) electrons. The third-order valence-corrected chi connectivity index (χ3v) is 3.40. The predicted octanol–water partition coefficient (Wildman–Crippen LogP) is 3.24. The van der Waals surface area contributed by atoms with Crippen LogP contribution in [-0.4, -0.2) is 31.7 Å². The lowest BCUT2D eigenvalue weighted by Crippen LogP contribution is -2.16. The van der Waals surface area contributed by atoms with Crippen LogP contribution in [0.1, 0.15) is 17.3 Å². The minimum Gasteiger partial charge on any atom is -0.462 e. The Morgan fingerprint density at radius 3 is 2.79 bits per heavy atom. The van der Waals surface area contributed by atoms with Crippen LogP contribution in [0.4, 0.5) is 5.69 Å². The Balaban J connectivity index is 2.73. The maximum Gasteiger partial charge on any atom is 0.341 e. The fourth-order valence-electron chi connectivity index (χ4n) is 2.01. The zero-order valence-electron chi connectivity index (χ0n) is 11.1. The molecule has 0 aliphatic rings. The van der Waals surface area contributed by atoms with Gasteiger partial charge in [0.15, 0.2) is 0 Å². The average molecular weight is 323 g/mol. The van der Waals surface area contributed by atoms with Gasteiger partial charge in [0.2, 0.25) is 0 Å². The minimum atomic E-state index is -0.347. The molecule has 0 aliphatic heterocycles. The van der Waals surface area contributed by atoms with Gasteiger partial charge in [-0.25, -0.2) is 4.79 Å². The quantitative estimate of drug-likeness (QED) is 0.813. The normalized spacial score (nSPS) is 10.5. The van der Waals surface area contributed by atoms with Crippen LogP contribution >= 0.6 is 15.9 Å². The summed E-state index contributed by atoms with van der Waals surface area (Å²) in [6.07, 6.45) is 1.57. The van der Waals surface area contributed by atoms with Gasteiger partial charge in [-0.3, -0.25) is 4.98 Å². The van der Waals surface area contributed by atoms with Crippen molar-refractivity contribution >= 4 is 38.5 Å². The first-order valence-electron chi connectivity index (χ1n) is 5.98. The van der Waals surface area contributed by atoms with Crippen molar-refractivity contribution in [1.82, 2.24) is 4.98 Å². The molecule has 4 nitrogen and oxygen atoms in total. The van der Waals surface area contributed by atoms with E-state index < -0.39 is 0 Å². The van der Waals surface area contributed by atoms with Crippen LogP contribution in [0.25, 0.3) is 10.9 Å². The van der Waals surface area contributed by atoms with Gasteiger partial charge in [-0.05, 0) is 28.9 Å². The van der Waals surface area contributed by atoms with Crippen LogP contribution in [-0.2, 0) is 4.74 Å². The summed E-state index contributed by atoms with van der Waals surface area (Å²) >= 11 is 3.48. The molecular weight excluding hydrogens is 308 g/mol. The van der Waals surface area contributed by atoms with E-state index in [1.165, 1.54) is 0 Å². The number of fused-ring (bicyclic) bond motifs is 1. The number of ether oxygens (including phenoxy) is 1. The van der Waals surface area contributed by atoms with Crippen LogP contribution in [0.2, 0.25) is 0 Å². The van der Waals surface area contributed by atoms with E-state index in [2.05, 4.69) is 20.9 Å². The van der Waals surface area contributed by atoms with E-state index in [1.807, 2.05) is 37.2 Å². The smallest absolute Gasteiger partial charge is 0.341 e. The fraction of sp³-hybridized carbons (Fsp3) is 0.286. The topological polar surface area (TPSA) is 42.4 Å².